The topological polar surface area (TPSA) is 34.9 Å². The molecule has 1 heterocycles. The fourth-order valence-corrected chi connectivity index (χ4v) is 0.912. The summed E-state index contributed by atoms with van der Waals surface area (Å²) in [4.78, 5) is 10.6. The smallest absolute Gasteiger partial charge is 0.270 e. The van der Waals surface area contributed by atoms with Crippen LogP contribution >= 0.6 is 11.6 Å². The molecule has 1 rings (SSSR count). The molecular formula is C6H7ClN2O. The average Bonchev–Trinajstić information content (AvgIpc) is 2.33. The number of hydrogen-bond donors (Lipinski definition) is 0. The van der Waals surface area contributed by atoms with Crippen molar-refractivity contribution in [2.24, 2.45) is 0 Å². The number of carbonyl (C=O) groups excluding carboxylic acids is 1. The molecule has 0 unspecified atom stereocenters. The predicted molar refractivity (Wildman–Crippen MR) is 38.1 cm³/mol. The Hall–Kier alpha value is -0.830. The van der Waals surface area contributed by atoms with Crippen LogP contribution < -0.4 is 0 Å². The molecule has 0 aliphatic heterocycles. The van der Waals surface area contributed by atoms with Gasteiger partial charge in [0.1, 0.15) is 5.69 Å². The standard InChI is InChI=1S/C6H7ClN2O/c1-2-9-5(6(7)10)3-4-8-9/h3-4H,2H2,1H3. The van der Waals surface area contributed by atoms with Crippen molar-refractivity contribution in [1.82, 2.24) is 9.78 Å². The summed E-state index contributed by atoms with van der Waals surface area (Å²) in [6.45, 7) is 2.57. The molecule has 54 valence electrons. The summed E-state index contributed by atoms with van der Waals surface area (Å²) in [6.07, 6.45) is 1.55. The molecule has 3 nitrogen and oxygen atoms in total. The van der Waals surface area contributed by atoms with Gasteiger partial charge in [-0.25, -0.2) is 0 Å². The van der Waals surface area contributed by atoms with E-state index in [1.807, 2.05) is 6.92 Å². The third kappa shape index (κ3) is 1.19. The molecule has 0 saturated heterocycles. The van der Waals surface area contributed by atoms with E-state index in [1.165, 1.54) is 0 Å². The third-order valence-corrected chi connectivity index (χ3v) is 1.41. The van der Waals surface area contributed by atoms with Gasteiger partial charge in [0.2, 0.25) is 0 Å². The second-order valence-corrected chi connectivity index (χ2v) is 2.15. The minimum absolute atomic E-state index is 0.448. The van der Waals surface area contributed by atoms with Crippen molar-refractivity contribution < 1.29 is 4.79 Å². The Kier molecular flexibility index (Phi) is 2.06. The van der Waals surface area contributed by atoms with Crippen LogP contribution in [0.2, 0.25) is 0 Å². The van der Waals surface area contributed by atoms with Crippen LogP contribution in [0.5, 0.6) is 0 Å². The molecule has 0 aromatic carbocycles. The summed E-state index contributed by atoms with van der Waals surface area (Å²) in [5, 5.41) is 3.41. The zero-order chi connectivity index (χ0) is 7.56. The predicted octanol–water partition coefficient (Wildman–Crippen LogP) is 1.28. The van der Waals surface area contributed by atoms with E-state index in [-0.39, 0.29) is 0 Å². The van der Waals surface area contributed by atoms with Crippen LogP contribution in [0.25, 0.3) is 0 Å². The maximum Gasteiger partial charge on any atom is 0.270 e. The van der Waals surface area contributed by atoms with Crippen LogP contribution in [0.3, 0.4) is 0 Å². The highest BCUT2D eigenvalue weighted by Gasteiger charge is 2.05. The highest BCUT2D eigenvalue weighted by atomic mass is 35.5. The lowest BCUT2D eigenvalue weighted by atomic mass is 10.5. The van der Waals surface area contributed by atoms with E-state index in [1.54, 1.807) is 16.9 Å². The molecule has 0 amide bonds. The van der Waals surface area contributed by atoms with Crippen molar-refractivity contribution in [3.05, 3.63) is 18.0 Å². The lowest BCUT2D eigenvalue weighted by Crippen LogP contribution is -2.04. The zero-order valence-corrected chi connectivity index (χ0v) is 6.30. The number of hydrogen-bond acceptors (Lipinski definition) is 2. The van der Waals surface area contributed by atoms with Gasteiger partial charge in [-0.1, -0.05) is 0 Å². The molecule has 0 N–H and O–H groups in total. The molecule has 0 aliphatic carbocycles. The zero-order valence-electron chi connectivity index (χ0n) is 5.54. The maximum atomic E-state index is 10.6. The Bertz CT molecular complexity index is 244. The molecule has 0 fully saturated rings. The van der Waals surface area contributed by atoms with Gasteiger partial charge in [-0.05, 0) is 24.6 Å². The first kappa shape index (κ1) is 7.28. The van der Waals surface area contributed by atoms with E-state index >= 15 is 0 Å². The number of aromatic nitrogens is 2. The number of aryl methyl sites for hydroxylation is 1. The van der Waals surface area contributed by atoms with E-state index in [4.69, 9.17) is 11.6 Å². The Morgan fingerprint density at radius 3 is 3.00 bits per heavy atom. The van der Waals surface area contributed by atoms with Crippen molar-refractivity contribution in [2.45, 2.75) is 13.5 Å². The average molecular weight is 159 g/mol. The summed E-state index contributed by atoms with van der Waals surface area (Å²) < 4.78 is 1.55. The molecule has 0 radical (unpaired) electrons. The second kappa shape index (κ2) is 2.84. The lowest BCUT2D eigenvalue weighted by molar-refractivity contribution is 0.107. The number of rotatable bonds is 2. The first-order valence-corrected chi connectivity index (χ1v) is 3.35. The third-order valence-electron chi connectivity index (χ3n) is 1.22. The van der Waals surface area contributed by atoms with E-state index in [0.717, 1.165) is 0 Å². The Labute approximate surface area is 63.6 Å². The highest BCUT2D eigenvalue weighted by Crippen LogP contribution is 2.01. The van der Waals surface area contributed by atoms with Gasteiger partial charge in [0.15, 0.2) is 0 Å². The molecule has 10 heavy (non-hydrogen) atoms. The van der Waals surface area contributed by atoms with Gasteiger partial charge in [0, 0.05) is 12.7 Å². The van der Waals surface area contributed by atoms with E-state index in [0.29, 0.717) is 12.2 Å². The maximum absolute atomic E-state index is 10.6. The monoisotopic (exact) mass is 158 g/mol. The minimum atomic E-state index is -0.459. The molecule has 0 saturated carbocycles. The van der Waals surface area contributed by atoms with Gasteiger partial charge in [-0.2, -0.15) is 5.10 Å². The van der Waals surface area contributed by atoms with Crippen LogP contribution in [-0.4, -0.2) is 15.0 Å². The normalized spacial score (nSPS) is 9.80. The molecule has 0 spiro atoms. The molecule has 4 heteroatoms. The van der Waals surface area contributed by atoms with E-state index < -0.39 is 5.24 Å². The lowest BCUT2D eigenvalue weighted by Gasteiger charge is -1.96. The van der Waals surface area contributed by atoms with Gasteiger partial charge in [0.05, 0.1) is 0 Å². The SMILES string of the molecule is CCn1nccc1C(=O)Cl. The number of carbonyl (C=O) groups is 1. The van der Waals surface area contributed by atoms with E-state index in [2.05, 4.69) is 5.10 Å². The second-order valence-electron chi connectivity index (χ2n) is 1.81. The van der Waals surface area contributed by atoms with Crippen molar-refractivity contribution in [3.63, 3.8) is 0 Å². The highest BCUT2D eigenvalue weighted by molar-refractivity contribution is 6.67. The first-order chi connectivity index (χ1) is 4.75. The van der Waals surface area contributed by atoms with Gasteiger partial charge < -0.3 is 0 Å². The van der Waals surface area contributed by atoms with Crippen molar-refractivity contribution in [3.8, 4) is 0 Å². The van der Waals surface area contributed by atoms with Crippen molar-refractivity contribution in [1.29, 1.82) is 0 Å². The van der Waals surface area contributed by atoms with E-state index in [9.17, 15) is 4.79 Å². The van der Waals surface area contributed by atoms with Gasteiger partial charge >= 0.3 is 0 Å². The Morgan fingerprint density at radius 2 is 2.60 bits per heavy atom. The van der Waals surface area contributed by atoms with Crippen molar-refractivity contribution in [2.75, 3.05) is 0 Å². The summed E-state index contributed by atoms with van der Waals surface area (Å²) in [7, 11) is 0. The Balaban J connectivity index is 3.01. The fraction of sp³-hybridized carbons (Fsp3) is 0.333. The Morgan fingerprint density at radius 1 is 1.90 bits per heavy atom. The van der Waals surface area contributed by atoms with Crippen molar-refractivity contribution >= 4 is 16.8 Å². The molecule has 1 aromatic heterocycles. The molecule has 0 bridgehead atoms. The van der Waals surface area contributed by atoms with Gasteiger partial charge in [0.25, 0.3) is 5.24 Å². The van der Waals surface area contributed by atoms with Gasteiger partial charge in [-0.15, -0.1) is 0 Å². The molecule has 0 atom stereocenters. The summed E-state index contributed by atoms with van der Waals surface area (Å²) >= 11 is 5.23. The molecule has 0 aliphatic rings. The quantitative estimate of drug-likeness (QED) is 0.608. The van der Waals surface area contributed by atoms with Gasteiger partial charge in [-0.3, -0.25) is 9.48 Å². The van der Waals surface area contributed by atoms with Crippen LogP contribution in [-0.2, 0) is 6.54 Å². The number of nitrogens with zero attached hydrogens (tertiary/aromatic N) is 2. The summed E-state index contributed by atoms with van der Waals surface area (Å²) in [5.41, 5.74) is 0.448. The summed E-state index contributed by atoms with van der Waals surface area (Å²) in [6, 6.07) is 1.60. The first-order valence-electron chi connectivity index (χ1n) is 2.97. The number of halogens is 1. The van der Waals surface area contributed by atoms with Crippen LogP contribution in [0.4, 0.5) is 0 Å². The summed E-state index contributed by atoms with van der Waals surface area (Å²) in [5.74, 6) is 0. The van der Waals surface area contributed by atoms with Crippen LogP contribution in [0.1, 0.15) is 17.4 Å². The van der Waals surface area contributed by atoms with Crippen LogP contribution in [0, 0.1) is 0 Å². The molecular weight excluding hydrogens is 152 g/mol. The molecule has 1 aromatic rings. The largest absolute Gasteiger partial charge is 0.274 e. The fourth-order valence-electron chi connectivity index (χ4n) is 0.752. The minimum Gasteiger partial charge on any atom is -0.274 e. The van der Waals surface area contributed by atoms with Crippen LogP contribution in [0.15, 0.2) is 12.3 Å².